The third-order valence-electron chi connectivity index (χ3n) is 3.56. The number of benzene rings is 2. The first-order chi connectivity index (χ1) is 11.8. The SMILES string of the molecule is C[C@@H](NS(C)(=O)=O)c1ccc(CNCCOc2ccc(F)cc2)cc1.Cl. The second kappa shape index (κ2) is 10.5. The molecule has 0 bridgehead atoms. The van der Waals surface area contributed by atoms with Gasteiger partial charge in [-0.05, 0) is 42.3 Å². The zero-order chi connectivity index (χ0) is 18.3. The number of nitrogens with one attached hydrogen (secondary N) is 2. The predicted octanol–water partition coefficient (Wildman–Crippen LogP) is 3.03. The Kier molecular flexibility index (Phi) is 9.01. The second-order valence-electron chi connectivity index (χ2n) is 5.83. The maximum Gasteiger partial charge on any atom is 0.209 e. The quantitative estimate of drug-likeness (QED) is 0.633. The van der Waals surface area contributed by atoms with Crippen molar-refractivity contribution in [1.29, 1.82) is 0 Å². The number of halogens is 2. The molecule has 0 fully saturated rings. The topological polar surface area (TPSA) is 67.4 Å². The molecule has 2 aromatic carbocycles. The zero-order valence-corrected chi connectivity index (χ0v) is 16.4. The Bertz CT molecular complexity index is 768. The zero-order valence-electron chi connectivity index (χ0n) is 14.7. The third kappa shape index (κ3) is 8.14. The van der Waals surface area contributed by atoms with Crippen molar-refractivity contribution in [3.8, 4) is 5.75 Å². The van der Waals surface area contributed by atoms with Crippen molar-refractivity contribution >= 4 is 22.4 Å². The summed E-state index contributed by atoms with van der Waals surface area (Å²) < 4.78 is 43.3. The molecule has 2 N–H and O–H groups in total. The lowest BCUT2D eigenvalue weighted by atomic mass is 10.1. The van der Waals surface area contributed by atoms with E-state index in [9.17, 15) is 12.8 Å². The van der Waals surface area contributed by atoms with Crippen LogP contribution < -0.4 is 14.8 Å². The van der Waals surface area contributed by atoms with Gasteiger partial charge in [0.2, 0.25) is 10.0 Å². The van der Waals surface area contributed by atoms with Crippen LogP contribution in [0.25, 0.3) is 0 Å². The summed E-state index contributed by atoms with van der Waals surface area (Å²) in [4.78, 5) is 0. The molecule has 2 aromatic rings. The minimum atomic E-state index is -3.22. The van der Waals surface area contributed by atoms with E-state index in [1.54, 1.807) is 19.1 Å². The molecule has 0 radical (unpaired) electrons. The number of hydrogen-bond acceptors (Lipinski definition) is 4. The van der Waals surface area contributed by atoms with Crippen LogP contribution in [0.2, 0.25) is 0 Å². The van der Waals surface area contributed by atoms with Crippen LogP contribution in [0.1, 0.15) is 24.1 Å². The minimum absolute atomic E-state index is 0. The van der Waals surface area contributed by atoms with Gasteiger partial charge in [-0.25, -0.2) is 17.5 Å². The summed E-state index contributed by atoms with van der Waals surface area (Å²) in [6.45, 7) is 3.63. The van der Waals surface area contributed by atoms with Gasteiger partial charge in [-0.1, -0.05) is 24.3 Å². The number of sulfonamides is 1. The van der Waals surface area contributed by atoms with Crippen LogP contribution in [0.15, 0.2) is 48.5 Å². The molecular weight excluding hydrogens is 379 g/mol. The van der Waals surface area contributed by atoms with E-state index < -0.39 is 10.0 Å². The lowest BCUT2D eigenvalue weighted by molar-refractivity contribution is 0.313. The second-order valence-corrected chi connectivity index (χ2v) is 7.61. The standard InChI is InChI=1S/C18H23FN2O3S.ClH/c1-14(21-25(2,22)23)16-5-3-15(4-6-16)13-20-11-12-24-18-9-7-17(19)8-10-18;/h3-10,14,20-21H,11-13H2,1-2H3;1H/t14-;/m1./s1. The fourth-order valence-electron chi connectivity index (χ4n) is 2.32. The first kappa shape index (κ1) is 22.4. The van der Waals surface area contributed by atoms with Crippen LogP contribution in [0.3, 0.4) is 0 Å². The summed E-state index contributed by atoms with van der Waals surface area (Å²) in [5.41, 5.74) is 2.01. The van der Waals surface area contributed by atoms with Crippen molar-refractivity contribution in [2.75, 3.05) is 19.4 Å². The molecule has 0 aliphatic carbocycles. The largest absolute Gasteiger partial charge is 0.492 e. The summed E-state index contributed by atoms with van der Waals surface area (Å²) in [6.07, 6.45) is 1.15. The molecule has 0 saturated carbocycles. The fourth-order valence-corrected chi connectivity index (χ4v) is 3.10. The Morgan fingerprint density at radius 1 is 1.08 bits per heavy atom. The molecule has 0 aliphatic rings. The Labute approximate surface area is 160 Å². The van der Waals surface area contributed by atoms with Crippen LogP contribution in [0.5, 0.6) is 5.75 Å². The molecule has 0 saturated heterocycles. The summed E-state index contributed by atoms with van der Waals surface area (Å²) in [6, 6.07) is 13.4. The number of hydrogen-bond donors (Lipinski definition) is 2. The highest BCUT2D eigenvalue weighted by molar-refractivity contribution is 7.88. The van der Waals surface area contributed by atoms with Gasteiger partial charge in [0, 0.05) is 19.1 Å². The van der Waals surface area contributed by atoms with Gasteiger partial charge in [0.25, 0.3) is 0 Å². The Morgan fingerprint density at radius 2 is 1.69 bits per heavy atom. The lowest BCUT2D eigenvalue weighted by Crippen LogP contribution is -2.25. The van der Waals surface area contributed by atoms with E-state index in [4.69, 9.17) is 4.74 Å². The Hall–Kier alpha value is -1.67. The van der Waals surface area contributed by atoms with E-state index in [2.05, 4.69) is 10.0 Å². The van der Waals surface area contributed by atoms with E-state index in [1.165, 1.54) is 12.1 Å². The molecule has 8 heteroatoms. The fraction of sp³-hybridized carbons (Fsp3) is 0.333. The summed E-state index contributed by atoms with van der Waals surface area (Å²) in [7, 11) is -3.22. The molecular formula is C18H24ClFN2O3S. The summed E-state index contributed by atoms with van der Waals surface area (Å²) in [5, 5.41) is 3.26. The molecule has 0 aliphatic heterocycles. The molecule has 144 valence electrons. The van der Waals surface area contributed by atoms with Crippen LogP contribution in [0, 0.1) is 5.82 Å². The summed E-state index contributed by atoms with van der Waals surface area (Å²) in [5.74, 6) is 0.356. The molecule has 5 nitrogen and oxygen atoms in total. The normalized spacial score (nSPS) is 12.3. The van der Waals surface area contributed by atoms with Crippen molar-refractivity contribution in [3.63, 3.8) is 0 Å². The van der Waals surface area contributed by atoms with Crippen LogP contribution in [-0.4, -0.2) is 27.8 Å². The first-order valence-corrected chi connectivity index (χ1v) is 9.88. The predicted molar refractivity (Wildman–Crippen MR) is 104 cm³/mol. The van der Waals surface area contributed by atoms with E-state index in [0.29, 0.717) is 25.4 Å². The van der Waals surface area contributed by atoms with Gasteiger partial charge < -0.3 is 10.1 Å². The molecule has 0 aromatic heterocycles. The number of rotatable bonds is 9. The number of ether oxygens (including phenoxy) is 1. The first-order valence-electron chi connectivity index (χ1n) is 7.99. The van der Waals surface area contributed by atoms with Gasteiger partial charge in [-0.2, -0.15) is 0 Å². The average molecular weight is 403 g/mol. The van der Waals surface area contributed by atoms with Crippen molar-refractivity contribution < 1.29 is 17.5 Å². The third-order valence-corrected chi connectivity index (χ3v) is 4.34. The van der Waals surface area contributed by atoms with E-state index in [1.807, 2.05) is 24.3 Å². The van der Waals surface area contributed by atoms with Gasteiger partial charge >= 0.3 is 0 Å². The van der Waals surface area contributed by atoms with Crippen molar-refractivity contribution in [1.82, 2.24) is 10.0 Å². The Balaban J connectivity index is 0.00000338. The highest BCUT2D eigenvalue weighted by atomic mass is 35.5. The molecule has 0 unspecified atom stereocenters. The van der Waals surface area contributed by atoms with E-state index in [-0.39, 0.29) is 24.3 Å². The monoisotopic (exact) mass is 402 g/mol. The molecule has 0 amide bonds. The van der Waals surface area contributed by atoms with Crippen LogP contribution >= 0.6 is 12.4 Å². The van der Waals surface area contributed by atoms with Crippen LogP contribution in [0.4, 0.5) is 4.39 Å². The highest BCUT2D eigenvalue weighted by Gasteiger charge is 2.10. The lowest BCUT2D eigenvalue weighted by Gasteiger charge is -2.13. The van der Waals surface area contributed by atoms with E-state index >= 15 is 0 Å². The molecule has 0 heterocycles. The summed E-state index contributed by atoms with van der Waals surface area (Å²) >= 11 is 0. The van der Waals surface area contributed by atoms with Gasteiger partial charge in [0.1, 0.15) is 18.2 Å². The minimum Gasteiger partial charge on any atom is -0.492 e. The van der Waals surface area contributed by atoms with Crippen molar-refractivity contribution in [3.05, 3.63) is 65.5 Å². The smallest absolute Gasteiger partial charge is 0.209 e. The van der Waals surface area contributed by atoms with Crippen LogP contribution in [-0.2, 0) is 16.6 Å². The average Bonchev–Trinajstić information content (AvgIpc) is 2.55. The Morgan fingerprint density at radius 3 is 2.27 bits per heavy atom. The maximum atomic E-state index is 12.8. The molecule has 1 atom stereocenters. The molecule has 0 spiro atoms. The van der Waals surface area contributed by atoms with Gasteiger partial charge in [0.15, 0.2) is 0 Å². The molecule has 2 rings (SSSR count). The highest BCUT2D eigenvalue weighted by Crippen LogP contribution is 2.14. The van der Waals surface area contributed by atoms with Gasteiger partial charge in [-0.15, -0.1) is 12.4 Å². The van der Waals surface area contributed by atoms with Gasteiger partial charge in [0.05, 0.1) is 6.26 Å². The van der Waals surface area contributed by atoms with Gasteiger partial charge in [-0.3, -0.25) is 0 Å². The van der Waals surface area contributed by atoms with Crippen molar-refractivity contribution in [2.45, 2.75) is 19.5 Å². The molecule has 26 heavy (non-hydrogen) atoms. The van der Waals surface area contributed by atoms with Crippen molar-refractivity contribution in [2.24, 2.45) is 0 Å². The maximum absolute atomic E-state index is 12.8. The van der Waals surface area contributed by atoms with E-state index in [0.717, 1.165) is 17.4 Å².